The van der Waals surface area contributed by atoms with Gasteiger partial charge in [-0.1, -0.05) is 31.7 Å². The average molecular weight is 723 g/mol. The van der Waals surface area contributed by atoms with Crippen LogP contribution in [0.4, 0.5) is 0 Å². The number of carboxylic acid groups (broad SMARTS) is 1. The van der Waals surface area contributed by atoms with Gasteiger partial charge in [-0.15, -0.1) is 0 Å². The first-order valence-corrected chi connectivity index (χ1v) is 18.5. The van der Waals surface area contributed by atoms with Crippen LogP contribution in [0.2, 0.25) is 0 Å². The molecule has 0 radical (unpaired) electrons. The summed E-state index contributed by atoms with van der Waals surface area (Å²) >= 11 is 0. The smallest absolute Gasteiger partial charge is 0.478 e. The normalized spacial score (nSPS) is 21.4. The van der Waals surface area contributed by atoms with Crippen LogP contribution in [0.25, 0.3) is 0 Å². The summed E-state index contributed by atoms with van der Waals surface area (Å²) < 4.78 is 23.8. The molecule has 0 bridgehead atoms. The number of nitrogens with zero attached hydrogens (tertiary/aromatic N) is 2. The van der Waals surface area contributed by atoms with E-state index in [0.29, 0.717) is 12.1 Å². The number of nitrogens with one attached hydrogen (secondary N) is 1. The summed E-state index contributed by atoms with van der Waals surface area (Å²) in [4.78, 5) is 27.8. The molecule has 13 heteroatoms. The molecule has 0 spiro atoms. The summed E-state index contributed by atoms with van der Waals surface area (Å²) in [6.45, 7) is 24.5. The molecular weight excluding hydrogens is 658 g/mol. The fraction of sp³-hybridized carbons (Fsp3) is 0.641. The van der Waals surface area contributed by atoms with Crippen molar-refractivity contribution in [1.82, 2.24) is 15.1 Å². The Hall–Kier alpha value is -2.77. The van der Waals surface area contributed by atoms with Crippen molar-refractivity contribution in [3.8, 4) is 0 Å². The van der Waals surface area contributed by atoms with Gasteiger partial charge in [0, 0.05) is 31.7 Å². The van der Waals surface area contributed by atoms with E-state index in [-0.39, 0.29) is 41.3 Å². The molecule has 0 atom stereocenters. The van der Waals surface area contributed by atoms with Crippen molar-refractivity contribution in [2.24, 2.45) is 5.73 Å². The van der Waals surface area contributed by atoms with Gasteiger partial charge in [-0.3, -0.25) is 4.79 Å². The number of likely N-dealkylation sites (tertiary alicyclic amines) is 2. The van der Waals surface area contributed by atoms with Crippen molar-refractivity contribution in [3.05, 3.63) is 59.7 Å². The molecule has 2 aromatic carbocycles. The Bertz CT molecular complexity index is 1390. The zero-order chi connectivity index (χ0) is 37.5. The minimum absolute atomic E-state index is 0. The van der Waals surface area contributed by atoms with Crippen LogP contribution >= 0.6 is 0 Å². The van der Waals surface area contributed by atoms with E-state index in [1.54, 1.807) is 24.3 Å². The average Bonchev–Trinajstić information content (AvgIpc) is 3.86. The topological polar surface area (TPSA) is 136 Å². The highest BCUT2D eigenvalue weighted by Gasteiger charge is 2.52. The number of rotatable bonds is 9. The van der Waals surface area contributed by atoms with Crippen molar-refractivity contribution in [1.29, 1.82) is 0 Å². The van der Waals surface area contributed by atoms with Crippen LogP contribution in [0.1, 0.15) is 109 Å². The first-order valence-electron chi connectivity index (χ1n) is 18.5. The molecular formula is C39H64B2N4O7. The van der Waals surface area contributed by atoms with Crippen LogP contribution < -0.4 is 22.0 Å². The second-order valence-corrected chi connectivity index (χ2v) is 15.9. The third kappa shape index (κ3) is 11.4. The number of hydrogen-bond acceptors (Lipinski definition) is 9. The predicted molar refractivity (Wildman–Crippen MR) is 211 cm³/mol. The second-order valence-electron chi connectivity index (χ2n) is 15.9. The fourth-order valence-electron chi connectivity index (χ4n) is 6.16. The van der Waals surface area contributed by atoms with E-state index in [1.165, 1.54) is 38.8 Å². The predicted octanol–water partition coefficient (Wildman–Crippen LogP) is 4.17. The van der Waals surface area contributed by atoms with Crippen molar-refractivity contribution in [3.63, 3.8) is 0 Å². The van der Waals surface area contributed by atoms with Crippen LogP contribution in [0.15, 0.2) is 48.5 Å². The summed E-state index contributed by atoms with van der Waals surface area (Å²) in [5, 5.41) is 11.8. The second kappa shape index (κ2) is 18.5. The highest BCUT2D eigenvalue weighted by atomic mass is 16.7. The largest absolute Gasteiger partial charge is 0.494 e. The standard InChI is InChI=1S/C19H29BN2O3.C13H17BO4.C6H14N2.CH4/c1-18(2)19(3,4)25-20(24-18)16-9-7-15(8-10-16)17(23)21-11-14-22-12-5-6-13-22;1-12(2)13(3,4)18-14(17-12)10-7-5-9(6-8-10)11(15)16;7-3-6-8-4-1-2-5-8;/h7-10H,5-6,11-14H2,1-4H3,(H,21,23);5-8H,1-4H3,(H,15,16);1-7H2;1H4. The molecule has 0 aromatic heterocycles. The summed E-state index contributed by atoms with van der Waals surface area (Å²) in [5.41, 5.74) is 6.58. The lowest BCUT2D eigenvalue weighted by Crippen LogP contribution is -2.41. The maximum atomic E-state index is 12.3. The fourth-order valence-corrected chi connectivity index (χ4v) is 6.16. The number of aromatic carboxylic acids is 1. The number of benzene rings is 2. The minimum Gasteiger partial charge on any atom is -0.478 e. The maximum absolute atomic E-state index is 12.3. The molecule has 0 unspecified atom stereocenters. The van der Waals surface area contributed by atoms with Gasteiger partial charge in [0.1, 0.15) is 0 Å². The summed E-state index contributed by atoms with van der Waals surface area (Å²) in [6.07, 6.45) is 5.29. The lowest BCUT2D eigenvalue weighted by molar-refractivity contribution is 0.00578. The van der Waals surface area contributed by atoms with Crippen molar-refractivity contribution in [2.75, 3.05) is 52.4 Å². The van der Waals surface area contributed by atoms with Crippen LogP contribution in [0, 0.1) is 0 Å². The van der Waals surface area contributed by atoms with Crippen LogP contribution in [-0.2, 0) is 18.6 Å². The monoisotopic (exact) mass is 722 g/mol. The summed E-state index contributed by atoms with van der Waals surface area (Å²) in [7, 11) is -0.838. The third-order valence-corrected chi connectivity index (χ3v) is 10.9. The summed E-state index contributed by atoms with van der Waals surface area (Å²) in [6, 6.07) is 14.1. The van der Waals surface area contributed by atoms with Crippen LogP contribution in [-0.4, -0.2) is 116 Å². The molecule has 4 fully saturated rings. The highest BCUT2D eigenvalue weighted by molar-refractivity contribution is 6.62. The lowest BCUT2D eigenvalue weighted by atomic mass is 9.79. The van der Waals surface area contributed by atoms with Gasteiger partial charge < -0.3 is 44.6 Å². The molecule has 2 aromatic rings. The number of carbonyl (C=O) groups is 2. The van der Waals surface area contributed by atoms with Crippen molar-refractivity contribution >= 4 is 37.0 Å². The number of carboxylic acids is 1. The molecule has 4 saturated heterocycles. The van der Waals surface area contributed by atoms with Crippen molar-refractivity contribution in [2.45, 2.75) is 111 Å². The molecule has 4 N–H and O–H groups in total. The first kappa shape index (κ1) is 43.6. The SMILES string of the molecule is C.CC1(C)OB(c2ccc(C(=O)NCCN3CCCC3)cc2)OC1(C)C.CC1(C)OB(c2ccc(C(=O)O)cc2)OC1(C)C.NCCN1CCCC1. The molecule has 0 aliphatic carbocycles. The Balaban J connectivity index is 0.000000235. The molecule has 1 amide bonds. The lowest BCUT2D eigenvalue weighted by Gasteiger charge is -2.32. The van der Waals surface area contributed by atoms with Crippen LogP contribution in [0.5, 0.6) is 0 Å². The molecule has 6 rings (SSSR count). The van der Waals surface area contributed by atoms with Gasteiger partial charge in [0.2, 0.25) is 0 Å². The minimum atomic E-state index is -0.935. The van der Waals surface area contributed by atoms with E-state index >= 15 is 0 Å². The zero-order valence-corrected chi connectivity index (χ0v) is 32.1. The Labute approximate surface area is 313 Å². The Kier molecular flexibility index (Phi) is 15.5. The van der Waals surface area contributed by atoms with Gasteiger partial charge in [0.15, 0.2) is 0 Å². The van der Waals surface area contributed by atoms with Gasteiger partial charge in [0.05, 0.1) is 28.0 Å². The molecule has 4 heterocycles. The molecule has 11 nitrogen and oxygen atoms in total. The number of nitrogens with two attached hydrogens (primary N) is 1. The first-order chi connectivity index (χ1) is 23.9. The molecule has 52 heavy (non-hydrogen) atoms. The molecule has 4 aliphatic rings. The zero-order valence-electron chi connectivity index (χ0n) is 32.1. The number of hydrogen-bond donors (Lipinski definition) is 3. The molecule has 288 valence electrons. The van der Waals surface area contributed by atoms with Crippen LogP contribution in [0.3, 0.4) is 0 Å². The van der Waals surface area contributed by atoms with E-state index in [4.69, 9.17) is 29.5 Å². The van der Waals surface area contributed by atoms with E-state index in [2.05, 4.69) is 15.1 Å². The van der Waals surface area contributed by atoms with Gasteiger partial charge in [-0.2, -0.15) is 0 Å². The highest BCUT2D eigenvalue weighted by Crippen LogP contribution is 2.37. The van der Waals surface area contributed by atoms with Gasteiger partial charge in [-0.25, -0.2) is 4.79 Å². The maximum Gasteiger partial charge on any atom is 0.494 e. The van der Waals surface area contributed by atoms with Crippen molar-refractivity contribution < 1.29 is 33.3 Å². The van der Waals surface area contributed by atoms with E-state index in [9.17, 15) is 9.59 Å². The Morgan fingerprint density at radius 3 is 1.35 bits per heavy atom. The van der Waals surface area contributed by atoms with Gasteiger partial charge in [0.25, 0.3) is 5.91 Å². The Morgan fingerprint density at radius 2 is 1.00 bits per heavy atom. The number of amides is 1. The van der Waals surface area contributed by atoms with E-state index < -0.39 is 20.2 Å². The quantitative estimate of drug-likeness (QED) is 0.324. The van der Waals surface area contributed by atoms with Gasteiger partial charge in [-0.05, 0) is 142 Å². The summed E-state index contributed by atoms with van der Waals surface area (Å²) in [5.74, 6) is -0.963. The molecule has 4 aliphatic heterocycles. The Morgan fingerprint density at radius 1 is 0.654 bits per heavy atom. The van der Waals surface area contributed by atoms with E-state index in [1.807, 2.05) is 79.7 Å². The van der Waals surface area contributed by atoms with Gasteiger partial charge >= 0.3 is 20.2 Å². The van der Waals surface area contributed by atoms with E-state index in [0.717, 1.165) is 43.6 Å². The third-order valence-electron chi connectivity index (χ3n) is 10.9. The molecule has 0 saturated carbocycles. The number of carbonyl (C=O) groups excluding carboxylic acids is 1.